The van der Waals surface area contributed by atoms with Crippen LogP contribution in [-0.4, -0.2) is 13.9 Å². The van der Waals surface area contributed by atoms with Crippen molar-refractivity contribution in [2.45, 2.75) is 89.5 Å². The van der Waals surface area contributed by atoms with Gasteiger partial charge in [0.15, 0.2) is 8.32 Å². The van der Waals surface area contributed by atoms with Gasteiger partial charge < -0.3 is 4.43 Å². The van der Waals surface area contributed by atoms with Crippen LogP contribution in [0.25, 0.3) is 0 Å². The minimum absolute atomic E-state index is 0.0837. The summed E-state index contributed by atoms with van der Waals surface area (Å²) >= 11 is 3.81. The van der Waals surface area contributed by atoms with Crippen molar-refractivity contribution in [2.24, 2.45) is 23.2 Å². The SMILES string of the molecule is CC(C)(C)[Si](C)(C)OC1(C23CC4CC(CC(C4)C2)C3)C=C(Br)C=CC1. The van der Waals surface area contributed by atoms with E-state index in [0.717, 1.165) is 24.2 Å². The maximum Gasteiger partial charge on any atom is 0.193 e. The van der Waals surface area contributed by atoms with Gasteiger partial charge in [-0.25, -0.2) is 0 Å². The standard InChI is InChI=1S/C22H35BrOSi/c1-20(2,3)25(4,5)24-22(8-6-7-19(23)15-22)21-12-16-9-17(13-21)11-18(10-16)14-21/h6-7,15-18H,8-14H2,1-5H3. The fourth-order valence-corrected chi connectivity index (χ4v) is 8.59. The topological polar surface area (TPSA) is 9.23 Å². The van der Waals surface area contributed by atoms with Crippen molar-refractivity contribution in [1.29, 1.82) is 0 Å². The van der Waals surface area contributed by atoms with Crippen LogP contribution in [0.3, 0.4) is 0 Å². The van der Waals surface area contributed by atoms with Gasteiger partial charge in [-0.2, -0.15) is 0 Å². The molecule has 5 aliphatic carbocycles. The Morgan fingerprint density at radius 1 is 1.04 bits per heavy atom. The van der Waals surface area contributed by atoms with Crippen molar-refractivity contribution >= 4 is 24.2 Å². The lowest BCUT2D eigenvalue weighted by atomic mass is 9.45. The zero-order valence-electron chi connectivity index (χ0n) is 16.7. The molecule has 0 aromatic rings. The summed E-state index contributed by atoms with van der Waals surface area (Å²) in [7, 11) is -1.85. The summed E-state index contributed by atoms with van der Waals surface area (Å²) in [6, 6.07) is 0. The van der Waals surface area contributed by atoms with E-state index in [1.54, 1.807) is 0 Å². The minimum atomic E-state index is -1.85. The minimum Gasteiger partial charge on any atom is -0.407 e. The van der Waals surface area contributed by atoms with Crippen molar-refractivity contribution in [2.75, 3.05) is 0 Å². The molecule has 0 aromatic carbocycles. The second kappa shape index (κ2) is 5.82. The number of allylic oxidation sites excluding steroid dienone is 2. The predicted octanol–water partition coefficient (Wildman–Crippen LogP) is 7.20. The second-order valence-corrected chi connectivity index (χ2v) is 16.7. The Morgan fingerprint density at radius 3 is 2.00 bits per heavy atom. The molecule has 0 saturated heterocycles. The molecule has 5 rings (SSSR count). The van der Waals surface area contributed by atoms with Gasteiger partial charge in [-0.05, 0) is 86.9 Å². The van der Waals surface area contributed by atoms with E-state index in [0.29, 0.717) is 5.41 Å². The first-order chi connectivity index (χ1) is 11.5. The van der Waals surface area contributed by atoms with Crippen molar-refractivity contribution in [3.63, 3.8) is 0 Å². The Hall–Kier alpha value is 0.137. The zero-order valence-corrected chi connectivity index (χ0v) is 19.3. The smallest absolute Gasteiger partial charge is 0.193 e. The summed E-state index contributed by atoms with van der Waals surface area (Å²) in [6.45, 7) is 12.0. The van der Waals surface area contributed by atoms with Crippen LogP contribution in [0.4, 0.5) is 0 Å². The Labute approximate surface area is 163 Å². The molecule has 1 nitrogen and oxygen atoms in total. The second-order valence-electron chi connectivity index (χ2n) is 11.1. The molecular weight excluding hydrogens is 388 g/mol. The van der Waals surface area contributed by atoms with Crippen molar-refractivity contribution in [3.05, 3.63) is 22.7 Å². The molecule has 4 saturated carbocycles. The average Bonchev–Trinajstić information content (AvgIpc) is 2.43. The average molecular weight is 424 g/mol. The van der Waals surface area contributed by atoms with E-state index in [9.17, 15) is 0 Å². The third-order valence-electron chi connectivity index (χ3n) is 8.25. The van der Waals surface area contributed by atoms with Crippen LogP contribution in [0.1, 0.15) is 65.7 Å². The monoisotopic (exact) mass is 422 g/mol. The molecule has 0 spiro atoms. The van der Waals surface area contributed by atoms with Gasteiger partial charge in [0.25, 0.3) is 0 Å². The van der Waals surface area contributed by atoms with Crippen LogP contribution < -0.4 is 0 Å². The first kappa shape index (κ1) is 18.5. The Bertz CT molecular complexity index is 577. The van der Waals surface area contributed by atoms with Crippen LogP contribution in [0.15, 0.2) is 22.7 Å². The van der Waals surface area contributed by atoms with Crippen LogP contribution in [0.2, 0.25) is 18.1 Å². The van der Waals surface area contributed by atoms with Crippen LogP contribution >= 0.6 is 15.9 Å². The van der Waals surface area contributed by atoms with E-state index in [1.165, 1.54) is 43.0 Å². The molecular formula is C22H35BrOSi. The first-order valence-corrected chi connectivity index (χ1v) is 14.0. The largest absolute Gasteiger partial charge is 0.407 e. The fraction of sp³-hybridized carbons (Fsp3) is 0.818. The van der Waals surface area contributed by atoms with E-state index < -0.39 is 8.32 Å². The van der Waals surface area contributed by atoms with E-state index in [-0.39, 0.29) is 10.6 Å². The highest BCUT2D eigenvalue weighted by Gasteiger charge is 2.62. The van der Waals surface area contributed by atoms with Crippen LogP contribution in [-0.2, 0) is 4.43 Å². The summed E-state index contributed by atoms with van der Waals surface area (Å²) in [4.78, 5) is 0. The van der Waals surface area contributed by atoms with Crippen LogP contribution in [0.5, 0.6) is 0 Å². The van der Waals surface area contributed by atoms with Gasteiger partial charge in [-0.3, -0.25) is 0 Å². The van der Waals surface area contributed by atoms with Crippen molar-refractivity contribution in [3.8, 4) is 0 Å². The quantitative estimate of drug-likeness (QED) is 0.436. The fourth-order valence-electron chi connectivity index (χ4n) is 6.46. The Kier molecular flexibility index (Phi) is 4.30. The number of halogens is 1. The van der Waals surface area contributed by atoms with Gasteiger partial charge in [0.05, 0.1) is 5.60 Å². The van der Waals surface area contributed by atoms with Gasteiger partial charge in [-0.15, -0.1) is 0 Å². The summed E-state index contributed by atoms with van der Waals surface area (Å²) < 4.78 is 8.60. The Balaban J connectivity index is 1.76. The highest BCUT2D eigenvalue weighted by atomic mass is 79.9. The molecule has 1 atom stereocenters. The molecule has 0 aromatic heterocycles. The molecule has 5 aliphatic rings. The molecule has 4 fully saturated rings. The number of hydrogen-bond acceptors (Lipinski definition) is 1. The molecule has 1 unspecified atom stereocenters. The summed E-state index contributed by atoms with van der Waals surface area (Å²) in [5.41, 5.74) is 0.292. The predicted molar refractivity (Wildman–Crippen MR) is 112 cm³/mol. The third kappa shape index (κ3) is 2.97. The summed E-state index contributed by atoms with van der Waals surface area (Å²) in [6.07, 6.45) is 16.8. The lowest BCUT2D eigenvalue weighted by Gasteiger charge is -2.64. The molecule has 3 heteroatoms. The lowest BCUT2D eigenvalue weighted by molar-refractivity contribution is -0.148. The van der Waals surface area contributed by atoms with E-state index in [2.05, 4.69) is 68.0 Å². The van der Waals surface area contributed by atoms with Crippen molar-refractivity contribution in [1.82, 2.24) is 0 Å². The lowest BCUT2D eigenvalue weighted by Crippen LogP contribution is -2.62. The molecule has 0 amide bonds. The molecule has 0 heterocycles. The van der Waals surface area contributed by atoms with E-state index in [4.69, 9.17) is 4.43 Å². The third-order valence-corrected chi connectivity index (χ3v) is 13.2. The highest BCUT2D eigenvalue weighted by Crippen LogP contribution is 2.66. The number of rotatable bonds is 3. The maximum atomic E-state index is 7.37. The van der Waals surface area contributed by atoms with E-state index in [1.807, 2.05) is 0 Å². The van der Waals surface area contributed by atoms with Gasteiger partial charge in [0, 0.05) is 9.90 Å². The van der Waals surface area contributed by atoms with Gasteiger partial charge >= 0.3 is 0 Å². The zero-order chi connectivity index (χ0) is 18.1. The summed E-state index contributed by atoms with van der Waals surface area (Å²) in [5.74, 6) is 2.89. The normalized spacial score (nSPS) is 43.4. The maximum absolute atomic E-state index is 7.37. The van der Waals surface area contributed by atoms with Gasteiger partial charge in [0.1, 0.15) is 0 Å². The Morgan fingerprint density at radius 2 is 1.56 bits per heavy atom. The molecule has 0 radical (unpaired) electrons. The molecule has 4 bridgehead atoms. The molecule has 25 heavy (non-hydrogen) atoms. The molecule has 0 aliphatic heterocycles. The molecule has 140 valence electrons. The van der Waals surface area contributed by atoms with Crippen molar-refractivity contribution < 1.29 is 4.43 Å². The summed E-state index contributed by atoms with van der Waals surface area (Å²) in [5, 5.41) is 0.254. The van der Waals surface area contributed by atoms with Crippen LogP contribution in [0, 0.1) is 23.2 Å². The van der Waals surface area contributed by atoms with Gasteiger partial charge in [-0.1, -0.05) is 48.9 Å². The van der Waals surface area contributed by atoms with E-state index >= 15 is 0 Å². The first-order valence-electron chi connectivity index (χ1n) is 10.3. The molecule has 0 N–H and O–H groups in total. The number of hydrogen-bond donors (Lipinski definition) is 0. The van der Waals surface area contributed by atoms with Gasteiger partial charge in [0.2, 0.25) is 0 Å². The highest BCUT2D eigenvalue weighted by molar-refractivity contribution is 9.11.